The van der Waals surface area contributed by atoms with Crippen LogP contribution in [0.25, 0.3) is 0 Å². The van der Waals surface area contributed by atoms with E-state index in [0.29, 0.717) is 10.0 Å². The Labute approximate surface area is 157 Å². The van der Waals surface area contributed by atoms with E-state index in [-0.39, 0.29) is 0 Å². The third kappa shape index (κ3) is 6.56. The summed E-state index contributed by atoms with van der Waals surface area (Å²) in [6, 6.07) is 15.3. The van der Waals surface area contributed by atoms with E-state index in [9.17, 15) is 0 Å². The fourth-order valence-electron chi connectivity index (χ4n) is 1.82. The summed E-state index contributed by atoms with van der Waals surface area (Å²) in [6.07, 6.45) is 2.30. The first kappa shape index (κ1) is 19.0. The van der Waals surface area contributed by atoms with Gasteiger partial charge < -0.3 is 10.2 Å². The molecule has 0 radical (unpaired) electrons. The van der Waals surface area contributed by atoms with Gasteiger partial charge in [0, 0.05) is 27.2 Å². The highest BCUT2D eigenvalue weighted by Crippen LogP contribution is 2.58. The quantitative estimate of drug-likeness (QED) is 0.356. The predicted molar refractivity (Wildman–Crippen MR) is 112 cm³/mol. The maximum absolute atomic E-state index is 5.95. The molecule has 0 unspecified atom stereocenters. The summed E-state index contributed by atoms with van der Waals surface area (Å²) in [5.74, 6) is 1.02. The van der Waals surface area contributed by atoms with Crippen LogP contribution in [0, 0.1) is 0 Å². The van der Waals surface area contributed by atoms with Crippen LogP contribution in [0.2, 0.25) is 10.0 Å². The van der Waals surface area contributed by atoms with Crippen LogP contribution < -0.4 is 10.2 Å². The number of unbranched alkanes of at least 4 members (excludes halogenated alkanes) is 1. The van der Waals surface area contributed by atoms with Crippen molar-refractivity contribution in [3.8, 4) is 0 Å². The van der Waals surface area contributed by atoms with Crippen LogP contribution in [0.5, 0.6) is 0 Å². The summed E-state index contributed by atoms with van der Waals surface area (Å²) < 4.78 is 0. The van der Waals surface area contributed by atoms with Crippen molar-refractivity contribution < 1.29 is 0 Å². The monoisotopic (exact) mass is 404 g/mol. The van der Waals surface area contributed by atoms with E-state index in [2.05, 4.69) is 17.1 Å². The average molecular weight is 405 g/mol. The molecule has 0 bridgehead atoms. The Bertz CT molecular complexity index is 611. The molecule has 0 aliphatic carbocycles. The van der Waals surface area contributed by atoms with Gasteiger partial charge >= 0.3 is 0 Å². The zero-order valence-electron chi connectivity index (χ0n) is 12.8. The van der Waals surface area contributed by atoms with Crippen LogP contribution in [0.4, 0.5) is 11.4 Å². The summed E-state index contributed by atoms with van der Waals surface area (Å²) >= 11 is 19.6. The maximum atomic E-state index is 5.95. The van der Waals surface area contributed by atoms with Crippen molar-refractivity contribution in [2.75, 3.05) is 15.9 Å². The first-order chi connectivity index (χ1) is 11.0. The molecular formula is C16H19Cl2N2PS2. The minimum atomic E-state index is -2.06. The molecule has 0 heterocycles. The number of benzene rings is 2. The van der Waals surface area contributed by atoms with Crippen molar-refractivity contribution in [1.82, 2.24) is 0 Å². The van der Waals surface area contributed by atoms with Crippen molar-refractivity contribution >= 4 is 63.3 Å². The van der Waals surface area contributed by atoms with Crippen LogP contribution in [-0.2, 0) is 11.8 Å². The first-order valence-corrected chi connectivity index (χ1v) is 12.5. The molecule has 7 heteroatoms. The standard InChI is InChI=1S/C16H19Cl2N2PS2/c1-2-3-12-23-21(22,19-15-8-4-13(17)5-9-15)20-16-10-6-14(18)7-11-16/h4-11H,2-3,12H2,1H3,(H2,19,20,22). The molecule has 2 aromatic carbocycles. The van der Waals surface area contributed by atoms with Gasteiger partial charge in [0.1, 0.15) is 0 Å². The second-order valence-electron chi connectivity index (χ2n) is 4.98. The molecule has 0 saturated carbocycles. The Balaban J connectivity index is 2.15. The van der Waals surface area contributed by atoms with Crippen molar-refractivity contribution in [2.45, 2.75) is 19.8 Å². The molecule has 0 aliphatic rings. The van der Waals surface area contributed by atoms with Gasteiger partial charge in [-0.05, 0) is 66.8 Å². The van der Waals surface area contributed by atoms with E-state index in [0.717, 1.165) is 30.0 Å². The number of rotatable bonds is 8. The molecule has 23 heavy (non-hydrogen) atoms. The normalized spacial score (nSPS) is 11.3. The molecule has 0 saturated heterocycles. The van der Waals surface area contributed by atoms with E-state index in [1.54, 1.807) is 11.4 Å². The van der Waals surface area contributed by atoms with Crippen LogP contribution >= 0.6 is 40.1 Å². The Kier molecular flexibility index (Phi) is 7.58. The molecule has 2 nitrogen and oxygen atoms in total. The van der Waals surface area contributed by atoms with Gasteiger partial charge in [-0.15, -0.1) is 0 Å². The third-order valence-corrected chi connectivity index (χ3v) is 9.14. The fraction of sp³-hybridized carbons (Fsp3) is 0.250. The SMILES string of the molecule is CCCCSP(=S)(Nc1ccc(Cl)cc1)Nc1ccc(Cl)cc1. The fourth-order valence-corrected chi connectivity index (χ4v) is 7.39. The summed E-state index contributed by atoms with van der Waals surface area (Å²) in [7, 11) is 0. The topological polar surface area (TPSA) is 24.1 Å². The number of anilines is 2. The highest BCUT2D eigenvalue weighted by Gasteiger charge is 2.17. The average Bonchev–Trinajstić information content (AvgIpc) is 2.52. The van der Waals surface area contributed by atoms with Crippen LogP contribution in [0.15, 0.2) is 48.5 Å². The molecule has 0 fully saturated rings. The van der Waals surface area contributed by atoms with Gasteiger partial charge in [-0.2, -0.15) is 0 Å². The Morgan fingerprint density at radius 2 is 1.35 bits per heavy atom. The molecule has 2 aromatic rings. The molecule has 0 amide bonds. The minimum Gasteiger partial charge on any atom is -0.334 e. The van der Waals surface area contributed by atoms with E-state index in [1.165, 1.54) is 0 Å². The number of halogens is 2. The minimum absolute atomic E-state index is 0.716. The lowest BCUT2D eigenvalue weighted by Gasteiger charge is -2.26. The lowest BCUT2D eigenvalue weighted by atomic mass is 10.3. The smallest absolute Gasteiger partial charge is 0.174 e. The largest absolute Gasteiger partial charge is 0.334 e. The molecule has 2 rings (SSSR count). The number of nitrogens with one attached hydrogen (secondary N) is 2. The van der Waals surface area contributed by atoms with E-state index < -0.39 is 5.54 Å². The lowest BCUT2D eigenvalue weighted by molar-refractivity contribution is 0.898. The maximum Gasteiger partial charge on any atom is 0.174 e. The van der Waals surface area contributed by atoms with Gasteiger partial charge in [-0.3, -0.25) is 0 Å². The van der Waals surface area contributed by atoms with Gasteiger partial charge in [0.05, 0.1) is 0 Å². The molecular weight excluding hydrogens is 386 g/mol. The van der Waals surface area contributed by atoms with Gasteiger partial charge in [-0.25, -0.2) is 0 Å². The van der Waals surface area contributed by atoms with Crippen molar-refractivity contribution in [3.63, 3.8) is 0 Å². The Hall–Kier alpha value is -0.380. The van der Waals surface area contributed by atoms with E-state index in [1.807, 2.05) is 48.5 Å². The van der Waals surface area contributed by atoms with Gasteiger partial charge in [-0.1, -0.05) is 47.9 Å². The number of hydrogen-bond donors (Lipinski definition) is 2. The third-order valence-electron chi connectivity index (χ3n) is 3.01. The van der Waals surface area contributed by atoms with Gasteiger partial charge in [0.2, 0.25) is 0 Å². The van der Waals surface area contributed by atoms with Crippen LogP contribution in [0.3, 0.4) is 0 Å². The van der Waals surface area contributed by atoms with E-state index >= 15 is 0 Å². The molecule has 0 aromatic heterocycles. The van der Waals surface area contributed by atoms with Gasteiger partial charge in [0.15, 0.2) is 5.54 Å². The molecule has 2 N–H and O–H groups in total. The Morgan fingerprint density at radius 1 is 0.913 bits per heavy atom. The zero-order valence-corrected chi connectivity index (χ0v) is 16.8. The van der Waals surface area contributed by atoms with E-state index in [4.69, 9.17) is 35.0 Å². The number of hydrogen-bond acceptors (Lipinski definition) is 2. The lowest BCUT2D eigenvalue weighted by Crippen LogP contribution is -2.04. The molecule has 0 aliphatic heterocycles. The zero-order chi connectivity index (χ0) is 16.7. The molecule has 0 atom stereocenters. The second-order valence-corrected chi connectivity index (χ2v) is 12.8. The van der Waals surface area contributed by atoms with Crippen molar-refractivity contribution in [1.29, 1.82) is 0 Å². The summed E-state index contributed by atoms with van der Waals surface area (Å²) in [6.45, 7) is 2.18. The summed E-state index contributed by atoms with van der Waals surface area (Å²) in [4.78, 5) is 0. The Morgan fingerprint density at radius 3 is 1.74 bits per heavy atom. The first-order valence-electron chi connectivity index (χ1n) is 7.33. The van der Waals surface area contributed by atoms with Crippen molar-refractivity contribution in [2.24, 2.45) is 0 Å². The highest BCUT2D eigenvalue weighted by molar-refractivity contribution is 8.71. The summed E-state index contributed by atoms with van der Waals surface area (Å²) in [5, 5.41) is 8.41. The van der Waals surface area contributed by atoms with Gasteiger partial charge in [0.25, 0.3) is 0 Å². The second kappa shape index (κ2) is 9.19. The van der Waals surface area contributed by atoms with Crippen molar-refractivity contribution in [3.05, 3.63) is 58.6 Å². The molecule has 0 spiro atoms. The van der Waals surface area contributed by atoms with Crippen LogP contribution in [-0.4, -0.2) is 5.75 Å². The van der Waals surface area contributed by atoms with Crippen LogP contribution in [0.1, 0.15) is 19.8 Å². The predicted octanol–water partition coefficient (Wildman–Crippen LogP) is 7.28. The highest BCUT2D eigenvalue weighted by atomic mass is 35.5. The molecule has 124 valence electrons. The summed E-state index contributed by atoms with van der Waals surface area (Å²) in [5.41, 5.74) is -0.109.